The molecule has 0 radical (unpaired) electrons. The van der Waals surface area contributed by atoms with Gasteiger partial charge in [0.05, 0.1) is 12.0 Å². The Labute approximate surface area is 55.1 Å². The number of amidine groups is 1. The zero-order valence-electron chi connectivity index (χ0n) is 5.97. The monoisotopic (exact) mass is 128 g/mol. The van der Waals surface area contributed by atoms with E-state index in [-0.39, 0.29) is 5.76 Å². The lowest BCUT2D eigenvalue weighted by molar-refractivity contribution is 0.412. The Morgan fingerprint density at radius 2 is 2.11 bits per heavy atom. The Morgan fingerprint density at radius 3 is 2.44 bits per heavy atom. The van der Waals surface area contributed by atoms with Crippen molar-refractivity contribution in [1.29, 1.82) is 0 Å². The van der Waals surface area contributed by atoms with E-state index in [4.69, 9.17) is 5.11 Å². The molecule has 0 fully saturated rings. The van der Waals surface area contributed by atoms with E-state index in [0.717, 1.165) is 5.84 Å². The van der Waals surface area contributed by atoms with E-state index in [9.17, 15) is 0 Å². The second-order valence-corrected chi connectivity index (χ2v) is 1.73. The quantitative estimate of drug-likeness (QED) is 0.315. The second-order valence-electron chi connectivity index (χ2n) is 1.73. The fourth-order valence-corrected chi connectivity index (χ4v) is 0.255. The molecule has 9 heavy (non-hydrogen) atoms. The van der Waals surface area contributed by atoms with E-state index in [0.29, 0.717) is 0 Å². The SMILES string of the molecule is CN/C(C)=N\C=C(C)O. The highest BCUT2D eigenvalue weighted by atomic mass is 16.3. The van der Waals surface area contributed by atoms with E-state index in [1.165, 1.54) is 6.20 Å². The van der Waals surface area contributed by atoms with Crippen LogP contribution in [0.5, 0.6) is 0 Å². The molecular formula is C6H12N2O. The van der Waals surface area contributed by atoms with E-state index >= 15 is 0 Å². The third kappa shape index (κ3) is 4.87. The van der Waals surface area contributed by atoms with Crippen molar-refractivity contribution >= 4 is 5.84 Å². The topological polar surface area (TPSA) is 44.6 Å². The molecular weight excluding hydrogens is 116 g/mol. The van der Waals surface area contributed by atoms with Crippen LogP contribution in [0.4, 0.5) is 0 Å². The van der Waals surface area contributed by atoms with Crippen LogP contribution in [0.1, 0.15) is 13.8 Å². The van der Waals surface area contributed by atoms with Crippen molar-refractivity contribution in [1.82, 2.24) is 5.32 Å². The van der Waals surface area contributed by atoms with Gasteiger partial charge in [-0.05, 0) is 13.8 Å². The third-order valence-corrected chi connectivity index (χ3v) is 0.807. The minimum Gasteiger partial charge on any atom is -0.511 e. The van der Waals surface area contributed by atoms with Crippen molar-refractivity contribution in [3.63, 3.8) is 0 Å². The van der Waals surface area contributed by atoms with Gasteiger partial charge < -0.3 is 10.4 Å². The minimum atomic E-state index is 0.213. The molecule has 0 amide bonds. The summed E-state index contributed by atoms with van der Waals surface area (Å²) in [5.41, 5.74) is 0. The Hall–Kier alpha value is -0.990. The van der Waals surface area contributed by atoms with Gasteiger partial charge in [0.25, 0.3) is 0 Å². The second kappa shape index (κ2) is 3.95. The molecule has 0 aliphatic carbocycles. The molecule has 3 nitrogen and oxygen atoms in total. The molecule has 0 aromatic rings. The number of aliphatic hydroxyl groups excluding tert-OH is 1. The van der Waals surface area contributed by atoms with Crippen LogP contribution in [0.15, 0.2) is 17.0 Å². The molecule has 0 aromatic heterocycles. The first kappa shape index (κ1) is 8.01. The van der Waals surface area contributed by atoms with Gasteiger partial charge in [-0.25, -0.2) is 4.99 Å². The standard InChI is InChI=1S/C6H12N2O/c1-5(9)4-8-6(2)7-3/h4,9H,1-3H3,(H,7,8). The van der Waals surface area contributed by atoms with Gasteiger partial charge in [0.1, 0.15) is 5.76 Å². The molecule has 0 saturated carbocycles. The van der Waals surface area contributed by atoms with Gasteiger partial charge in [-0.1, -0.05) is 0 Å². The molecule has 52 valence electrons. The molecule has 0 atom stereocenters. The highest BCUT2D eigenvalue weighted by molar-refractivity contribution is 5.79. The average molecular weight is 128 g/mol. The van der Waals surface area contributed by atoms with Gasteiger partial charge in [0.15, 0.2) is 0 Å². The Kier molecular flexibility index (Phi) is 3.51. The lowest BCUT2D eigenvalue weighted by Crippen LogP contribution is -2.12. The van der Waals surface area contributed by atoms with Gasteiger partial charge in [-0.3, -0.25) is 0 Å². The van der Waals surface area contributed by atoms with Crippen LogP contribution < -0.4 is 5.32 Å². The van der Waals surface area contributed by atoms with E-state index in [2.05, 4.69) is 10.3 Å². The molecule has 0 bridgehead atoms. The number of allylic oxidation sites excluding steroid dienone is 1. The van der Waals surface area contributed by atoms with Crippen LogP contribution in [-0.2, 0) is 0 Å². The highest BCUT2D eigenvalue weighted by Crippen LogP contribution is 1.84. The van der Waals surface area contributed by atoms with Gasteiger partial charge in [0.2, 0.25) is 0 Å². The summed E-state index contributed by atoms with van der Waals surface area (Å²) in [6, 6.07) is 0. The fraction of sp³-hybridized carbons (Fsp3) is 0.500. The molecule has 3 heteroatoms. The summed E-state index contributed by atoms with van der Waals surface area (Å²) in [7, 11) is 1.78. The normalized spacial score (nSPS) is 13.7. The predicted molar refractivity (Wildman–Crippen MR) is 38.6 cm³/mol. The van der Waals surface area contributed by atoms with Gasteiger partial charge >= 0.3 is 0 Å². The number of aliphatic hydroxyl groups is 1. The van der Waals surface area contributed by atoms with E-state index in [1.807, 2.05) is 6.92 Å². The molecule has 0 heterocycles. The van der Waals surface area contributed by atoms with Crippen molar-refractivity contribution in [2.24, 2.45) is 4.99 Å². The molecule has 0 unspecified atom stereocenters. The summed E-state index contributed by atoms with van der Waals surface area (Å²) < 4.78 is 0. The lowest BCUT2D eigenvalue weighted by Gasteiger charge is -1.92. The maximum Gasteiger partial charge on any atom is 0.107 e. The van der Waals surface area contributed by atoms with Crippen molar-refractivity contribution in [3.8, 4) is 0 Å². The molecule has 0 aliphatic rings. The summed E-state index contributed by atoms with van der Waals surface area (Å²) in [5.74, 6) is 0.994. The summed E-state index contributed by atoms with van der Waals surface area (Å²) in [6.45, 7) is 3.39. The van der Waals surface area contributed by atoms with Gasteiger partial charge in [-0.2, -0.15) is 0 Å². The summed E-state index contributed by atoms with van der Waals surface area (Å²) >= 11 is 0. The molecule has 0 aliphatic heterocycles. The van der Waals surface area contributed by atoms with Crippen molar-refractivity contribution < 1.29 is 5.11 Å². The molecule has 0 spiro atoms. The highest BCUT2D eigenvalue weighted by Gasteiger charge is 1.79. The number of hydrogen-bond acceptors (Lipinski definition) is 2. The van der Waals surface area contributed by atoms with Gasteiger partial charge in [0, 0.05) is 7.05 Å². The van der Waals surface area contributed by atoms with E-state index in [1.54, 1.807) is 14.0 Å². The zero-order valence-corrected chi connectivity index (χ0v) is 5.97. The average Bonchev–Trinajstić information content (AvgIpc) is 1.83. The fourth-order valence-electron chi connectivity index (χ4n) is 0.255. The Balaban J connectivity index is 3.83. The summed E-state index contributed by atoms with van der Waals surface area (Å²) in [4.78, 5) is 3.84. The van der Waals surface area contributed by atoms with Crippen molar-refractivity contribution in [3.05, 3.63) is 12.0 Å². The first-order valence-corrected chi connectivity index (χ1v) is 2.74. The van der Waals surface area contributed by atoms with Crippen LogP contribution in [0.25, 0.3) is 0 Å². The number of hydrogen-bond donors (Lipinski definition) is 2. The van der Waals surface area contributed by atoms with E-state index < -0.39 is 0 Å². The van der Waals surface area contributed by atoms with Gasteiger partial charge in [-0.15, -0.1) is 0 Å². The van der Waals surface area contributed by atoms with Crippen molar-refractivity contribution in [2.75, 3.05) is 7.05 Å². The van der Waals surface area contributed by atoms with Crippen LogP contribution in [-0.4, -0.2) is 18.0 Å². The van der Waals surface area contributed by atoms with Crippen LogP contribution in [0.2, 0.25) is 0 Å². The maximum absolute atomic E-state index is 8.62. The number of nitrogens with one attached hydrogen (secondary N) is 1. The van der Waals surface area contributed by atoms with Crippen LogP contribution in [0.3, 0.4) is 0 Å². The zero-order chi connectivity index (χ0) is 7.28. The molecule has 0 saturated heterocycles. The number of nitrogens with zero attached hydrogens (tertiary/aromatic N) is 1. The summed E-state index contributed by atoms with van der Waals surface area (Å²) in [6.07, 6.45) is 1.39. The first-order chi connectivity index (χ1) is 4.16. The maximum atomic E-state index is 8.62. The van der Waals surface area contributed by atoms with Crippen LogP contribution >= 0.6 is 0 Å². The third-order valence-electron chi connectivity index (χ3n) is 0.807. The largest absolute Gasteiger partial charge is 0.511 e. The minimum absolute atomic E-state index is 0.213. The predicted octanol–water partition coefficient (Wildman–Crippen LogP) is 1.04. The number of aliphatic imine (C=N–C) groups is 1. The smallest absolute Gasteiger partial charge is 0.107 e. The Morgan fingerprint density at radius 1 is 1.56 bits per heavy atom. The van der Waals surface area contributed by atoms with Crippen molar-refractivity contribution in [2.45, 2.75) is 13.8 Å². The molecule has 2 N–H and O–H groups in total. The Bertz CT molecular complexity index is 134. The lowest BCUT2D eigenvalue weighted by atomic mass is 10.6. The summed E-state index contributed by atoms with van der Waals surface area (Å²) in [5, 5.41) is 11.4. The molecule has 0 aromatic carbocycles. The van der Waals surface area contributed by atoms with Crippen LogP contribution in [0, 0.1) is 0 Å². The molecule has 0 rings (SSSR count). The number of rotatable bonds is 1. The first-order valence-electron chi connectivity index (χ1n) is 2.74.